The number of rotatable bonds is 6. The van der Waals surface area contributed by atoms with Crippen molar-refractivity contribution >= 4 is 5.91 Å². The van der Waals surface area contributed by atoms with Crippen molar-refractivity contribution in [2.75, 3.05) is 32.7 Å². The van der Waals surface area contributed by atoms with E-state index in [4.69, 9.17) is 0 Å². The highest BCUT2D eigenvalue weighted by molar-refractivity contribution is 5.88. The van der Waals surface area contributed by atoms with E-state index in [9.17, 15) is 4.79 Å². The Balaban J connectivity index is 1.53. The molecule has 0 saturated carbocycles. The highest BCUT2D eigenvalue weighted by Crippen LogP contribution is 2.36. The molecule has 1 aliphatic heterocycles. The average molecular weight is 407 g/mol. The fourth-order valence-electron chi connectivity index (χ4n) is 5.05. The molecule has 1 saturated heterocycles. The summed E-state index contributed by atoms with van der Waals surface area (Å²) in [7, 11) is 0. The number of amides is 1. The number of nitrogens with one attached hydrogen (secondary N) is 1. The standard InChI is InChI=1S/C25H34N4O/c1-4-28-12-14-29(15-13-28)25(17-21-9-5-6-10-22(21)18-25)24(30)27-20(3)16-23-19(2)8-7-11-26-23/h5-11,20H,4,12-18H2,1-3H3,(H,27,30). The SMILES string of the molecule is CCN1CCN(C2(C(=O)NC(C)Cc3ncccc3C)Cc3ccccc3C2)CC1. The first-order chi connectivity index (χ1) is 14.5. The van der Waals surface area contributed by atoms with Gasteiger partial charge in [-0.05, 0) is 43.1 Å². The van der Waals surface area contributed by atoms with Crippen molar-refractivity contribution in [3.63, 3.8) is 0 Å². The zero-order chi connectivity index (χ0) is 21.1. The molecule has 1 fully saturated rings. The lowest BCUT2D eigenvalue weighted by atomic mass is 9.90. The van der Waals surface area contributed by atoms with Crippen LogP contribution in [0, 0.1) is 6.92 Å². The third-order valence-electron chi connectivity index (χ3n) is 6.93. The van der Waals surface area contributed by atoms with Crippen molar-refractivity contribution in [2.24, 2.45) is 0 Å². The molecule has 1 amide bonds. The van der Waals surface area contributed by atoms with E-state index < -0.39 is 5.54 Å². The number of pyridine rings is 1. The lowest BCUT2D eigenvalue weighted by molar-refractivity contribution is -0.135. The molecule has 1 N–H and O–H groups in total. The molecule has 1 aromatic carbocycles. The maximum absolute atomic E-state index is 13.8. The van der Waals surface area contributed by atoms with Gasteiger partial charge in [-0.3, -0.25) is 14.7 Å². The Bertz CT molecular complexity index is 863. The van der Waals surface area contributed by atoms with Crippen LogP contribution in [-0.2, 0) is 24.1 Å². The van der Waals surface area contributed by atoms with Crippen LogP contribution in [-0.4, -0.2) is 65.0 Å². The molecule has 1 aliphatic carbocycles. The van der Waals surface area contributed by atoms with E-state index >= 15 is 0 Å². The molecule has 0 spiro atoms. The fourth-order valence-corrected chi connectivity index (χ4v) is 5.05. The number of piperazine rings is 1. The van der Waals surface area contributed by atoms with Gasteiger partial charge < -0.3 is 10.2 Å². The van der Waals surface area contributed by atoms with E-state index in [0.29, 0.717) is 0 Å². The zero-order valence-corrected chi connectivity index (χ0v) is 18.5. The number of carbonyl (C=O) groups is 1. The summed E-state index contributed by atoms with van der Waals surface area (Å²) in [4.78, 5) is 23.2. The first kappa shape index (κ1) is 21.0. The Morgan fingerprint density at radius 2 is 1.77 bits per heavy atom. The van der Waals surface area contributed by atoms with Crippen LogP contribution in [0.3, 0.4) is 0 Å². The molecule has 0 radical (unpaired) electrons. The maximum Gasteiger partial charge on any atom is 0.241 e. The first-order valence-corrected chi connectivity index (χ1v) is 11.3. The number of carbonyl (C=O) groups excluding carboxylic acids is 1. The summed E-state index contributed by atoms with van der Waals surface area (Å²) in [5.41, 5.74) is 4.40. The van der Waals surface area contributed by atoms with Gasteiger partial charge in [0.25, 0.3) is 0 Å². The lowest BCUT2D eigenvalue weighted by Gasteiger charge is -2.45. The largest absolute Gasteiger partial charge is 0.352 e. The van der Waals surface area contributed by atoms with E-state index in [0.717, 1.165) is 57.7 Å². The molecule has 4 rings (SSSR count). The Morgan fingerprint density at radius 1 is 1.10 bits per heavy atom. The summed E-state index contributed by atoms with van der Waals surface area (Å²) in [6, 6.07) is 12.6. The third-order valence-corrected chi connectivity index (χ3v) is 6.93. The second-order valence-electron chi connectivity index (χ2n) is 8.92. The molecular weight excluding hydrogens is 372 g/mol. The van der Waals surface area contributed by atoms with E-state index in [1.165, 1.54) is 16.7 Å². The molecule has 160 valence electrons. The predicted molar refractivity (Wildman–Crippen MR) is 121 cm³/mol. The number of nitrogens with zero attached hydrogens (tertiary/aromatic N) is 3. The van der Waals surface area contributed by atoms with Gasteiger partial charge in [0.1, 0.15) is 5.54 Å². The molecule has 2 heterocycles. The second kappa shape index (κ2) is 8.86. The molecular formula is C25H34N4O. The zero-order valence-electron chi connectivity index (χ0n) is 18.5. The number of hydrogen-bond acceptors (Lipinski definition) is 4. The van der Waals surface area contributed by atoms with Gasteiger partial charge in [0.15, 0.2) is 0 Å². The average Bonchev–Trinajstić information content (AvgIpc) is 3.16. The van der Waals surface area contributed by atoms with Gasteiger partial charge in [-0.25, -0.2) is 0 Å². The Hall–Kier alpha value is -2.24. The molecule has 5 nitrogen and oxygen atoms in total. The molecule has 5 heteroatoms. The number of benzene rings is 1. The van der Waals surface area contributed by atoms with Crippen LogP contribution in [0.5, 0.6) is 0 Å². The summed E-state index contributed by atoms with van der Waals surface area (Å²) in [6.07, 6.45) is 4.19. The quantitative estimate of drug-likeness (QED) is 0.801. The molecule has 2 aromatic rings. The maximum atomic E-state index is 13.8. The third kappa shape index (κ3) is 4.14. The van der Waals surface area contributed by atoms with Gasteiger partial charge in [0.2, 0.25) is 5.91 Å². The van der Waals surface area contributed by atoms with Gasteiger partial charge >= 0.3 is 0 Å². The topological polar surface area (TPSA) is 48.5 Å². The summed E-state index contributed by atoms with van der Waals surface area (Å²) >= 11 is 0. The normalized spacial score (nSPS) is 20.0. The molecule has 30 heavy (non-hydrogen) atoms. The molecule has 2 aliphatic rings. The summed E-state index contributed by atoms with van der Waals surface area (Å²) in [6.45, 7) is 11.4. The van der Waals surface area contributed by atoms with Crippen LogP contribution in [0.2, 0.25) is 0 Å². The van der Waals surface area contributed by atoms with Crippen molar-refractivity contribution in [3.8, 4) is 0 Å². The summed E-state index contributed by atoms with van der Waals surface area (Å²) < 4.78 is 0. The van der Waals surface area contributed by atoms with Crippen LogP contribution < -0.4 is 5.32 Å². The minimum Gasteiger partial charge on any atom is -0.352 e. The van der Waals surface area contributed by atoms with E-state index in [2.05, 4.69) is 71.2 Å². The lowest BCUT2D eigenvalue weighted by Crippen LogP contribution is -2.65. The van der Waals surface area contributed by atoms with Crippen molar-refractivity contribution in [1.82, 2.24) is 20.1 Å². The van der Waals surface area contributed by atoms with Gasteiger partial charge in [0, 0.05) is 63.4 Å². The summed E-state index contributed by atoms with van der Waals surface area (Å²) in [5.74, 6) is 0.171. The number of likely N-dealkylation sites (N-methyl/N-ethyl adjacent to an activating group) is 1. The predicted octanol–water partition coefficient (Wildman–Crippen LogP) is 2.61. The minimum atomic E-state index is -0.475. The Morgan fingerprint density at radius 3 is 2.37 bits per heavy atom. The van der Waals surface area contributed by atoms with Gasteiger partial charge in [0.05, 0.1) is 0 Å². The Labute approximate surface area is 180 Å². The van der Waals surface area contributed by atoms with Crippen molar-refractivity contribution in [3.05, 3.63) is 65.0 Å². The monoisotopic (exact) mass is 406 g/mol. The molecule has 1 aromatic heterocycles. The smallest absolute Gasteiger partial charge is 0.241 e. The second-order valence-corrected chi connectivity index (χ2v) is 8.92. The van der Waals surface area contributed by atoms with Crippen LogP contribution in [0.25, 0.3) is 0 Å². The van der Waals surface area contributed by atoms with Gasteiger partial charge in [-0.1, -0.05) is 37.3 Å². The molecule has 1 unspecified atom stereocenters. The van der Waals surface area contributed by atoms with Crippen molar-refractivity contribution in [1.29, 1.82) is 0 Å². The van der Waals surface area contributed by atoms with Crippen LogP contribution in [0.15, 0.2) is 42.6 Å². The highest BCUT2D eigenvalue weighted by Gasteiger charge is 2.49. The van der Waals surface area contributed by atoms with Crippen LogP contribution in [0.1, 0.15) is 36.2 Å². The van der Waals surface area contributed by atoms with Crippen molar-refractivity contribution < 1.29 is 4.79 Å². The highest BCUT2D eigenvalue weighted by atomic mass is 16.2. The number of fused-ring (bicyclic) bond motifs is 1. The molecule has 0 bridgehead atoms. The number of hydrogen-bond donors (Lipinski definition) is 1. The van der Waals surface area contributed by atoms with E-state index in [-0.39, 0.29) is 11.9 Å². The van der Waals surface area contributed by atoms with E-state index in [1.54, 1.807) is 0 Å². The van der Waals surface area contributed by atoms with Gasteiger partial charge in [-0.2, -0.15) is 0 Å². The van der Waals surface area contributed by atoms with Crippen LogP contribution in [0.4, 0.5) is 0 Å². The Kier molecular flexibility index (Phi) is 6.21. The molecule has 1 atom stereocenters. The van der Waals surface area contributed by atoms with Crippen LogP contribution >= 0.6 is 0 Å². The number of aromatic nitrogens is 1. The van der Waals surface area contributed by atoms with Gasteiger partial charge in [-0.15, -0.1) is 0 Å². The first-order valence-electron chi connectivity index (χ1n) is 11.3. The number of aryl methyl sites for hydroxylation is 1. The van der Waals surface area contributed by atoms with Crippen molar-refractivity contribution in [2.45, 2.75) is 51.6 Å². The van der Waals surface area contributed by atoms with E-state index in [1.807, 2.05) is 12.3 Å². The fraction of sp³-hybridized carbons (Fsp3) is 0.520. The minimum absolute atomic E-state index is 0.0450. The summed E-state index contributed by atoms with van der Waals surface area (Å²) in [5, 5.41) is 3.36.